The van der Waals surface area contributed by atoms with Gasteiger partial charge in [0, 0.05) is 6.54 Å². The molecule has 18 heavy (non-hydrogen) atoms. The second kappa shape index (κ2) is 4.12. The molecule has 94 valence electrons. The van der Waals surface area contributed by atoms with E-state index in [1.807, 2.05) is 13.0 Å². The lowest BCUT2D eigenvalue weighted by molar-refractivity contribution is 0.0699. The summed E-state index contributed by atoms with van der Waals surface area (Å²) in [5.74, 6) is 0.731. The van der Waals surface area contributed by atoms with Gasteiger partial charge in [0.05, 0.1) is 11.1 Å². The molecule has 3 rings (SSSR count). The second-order valence-corrected chi connectivity index (χ2v) is 5.05. The highest BCUT2D eigenvalue weighted by molar-refractivity contribution is 6.01. The Morgan fingerprint density at radius 2 is 2.28 bits per heavy atom. The number of aryl methyl sites for hydroxylation is 1. The van der Waals surface area contributed by atoms with Crippen LogP contribution in [0, 0.1) is 12.8 Å². The summed E-state index contributed by atoms with van der Waals surface area (Å²) in [6, 6.07) is 5.37. The summed E-state index contributed by atoms with van der Waals surface area (Å²) in [5, 5.41) is 9.17. The van der Waals surface area contributed by atoms with Gasteiger partial charge in [0.1, 0.15) is 11.3 Å². The van der Waals surface area contributed by atoms with E-state index in [9.17, 15) is 9.90 Å². The van der Waals surface area contributed by atoms with Crippen LogP contribution in [-0.2, 0) is 6.54 Å². The Kier molecular flexibility index (Phi) is 2.58. The number of carboxylic acid groups (broad SMARTS) is 1. The van der Waals surface area contributed by atoms with Crippen molar-refractivity contribution in [2.75, 3.05) is 0 Å². The Morgan fingerprint density at radius 1 is 1.50 bits per heavy atom. The van der Waals surface area contributed by atoms with Crippen LogP contribution < -0.4 is 0 Å². The van der Waals surface area contributed by atoms with Crippen molar-refractivity contribution < 1.29 is 9.90 Å². The van der Waals surface area contributed by atoms with Crippen molar-refractivity contribution in [1.82, 2.24) is 9.55 Å². The first-order valence-electron chi connectivity index (χ1n) is 6.36. The van der Waals surface area contributed by atoms with Crippen LogP contribution in [0.5, 0.6) is 0 Å². The van der Waals surface area contributed by atoms with Gasteiger partial charge in [-0.1, -0.05) is 12.5 Å². The van der Waals surface area contributed by atoms with Gasteiger partial charge in [0.2, 0.25) is 0 Å². The van der Waals surface area contributed by atoms with E-state index in [1.165, 1.54) is 19.3 Å². The SMILES string of the molecule is Cc1nc2c(C(=O)O)cccc2n1CC1CCC1. The second-order valence-electron chi connectivity index (χ2n) is 5.05. The van der Waals surface area contributed by atoms with Crippen LogP contribution in [0.3, 0.4) is 0 Å². The average molecular weight is 244 g/mol. The molecule has 4 heteroatoms. The van der Waals surface area contributed by atoms with Crippen molar-refractivity contribution in [3.63, 3.8) is 0 Å². The Hall–Kier alpha value is -1.84. The third-order valence-corrected chi connectivity index (χ3v) is 3.87. The molecule has 2 aromatic rings. The number of carbonyl (C=O) groups is 1. The van der Waals surface area contributed by atoms with Crippen LogP contribution in [-0.4, -0.2) is 20.6 Å². The van der Waals surface area contributed by atoms with Gasteiger partial charge in [0.25, 0.3) is 0 Å². The molecule has 1 N–H and O–H groups in total. The summed E-state index contributed by atoms with van der Waals surface area (Å²) in [5.41, 5.74) is 1.85. The number of benzene rings is 1. The number of imidazole rings is 1. The lowest BCUT2D eigenvalue weighted by Gasteiger charge is -2.26. The Morgan fingerprint density at radius 3 is 2.89 bits per heavy atom. The average Bonchev–Trinajstić information content (AvgIpc) is 2.59. The van der Waals surface area contributed by atoms with Crippen molar-refractivity contribution in [3.05, 3.63) is 29.6 Å². The number of aromatic nitrogens is 2. The predicted molar refractivity (Wildman–Crippen MR) is 68.8 cm³/mol. The van der Waals surface area contributed by atoms with Crippen LogP contribution in [0.15, 0.2) is 18.2 Å². The topological polar surface area (TPSA) is 55.1 Å². The fraction of sp³-hybridized carbons (Fsp3) is 0.429. The highest BCUT2D eigenvalue weighted by Gasteiger charge is 2.21. The van der Waals surface area contributed by atoms with Gasteiger partial charge in [-0.3, -0.25) is 0 Å². The van der Waals surface area contributed by atoms with Crippen LogP contribution in [0.1, 0.15) is 35.4 Å². The lowest BCUT2D eigenvalue weighted by atomic mass is 9.85. The summed E-state index contributed by atoms with van der Waals surface area (Å²) < 4.78 is 2.16. The van der Waals surface area contributed by atoms with Crippen molar-refractivity contribution in [1.29, 1.82) is 0 Å². The lowest BCUT2D eigenvalue weighted by Crippen LogP contribution is -2.18. The first-order chi connectivity index (χ1) is 8.66. The fourth-order valence-electron chi connectivity index (χ4n) is 2.60. The Bertz CT molecular complexity index is 612. The van der Waals surface area contributed by atoms with Gasteiger partial charge in [-0.2, -0.15) is 0 Å². The van der Waals surface area contributed by atoms with E-state index in [0.29, 0.717) is 11.1 Å². The maximum atomic E-state index is 11.2. The number of fused-ring (bicyclic) bond motifs is 1. The van der Waals surface area contributed by atoms with Gasteiger partial charge in [-0.15, -0.1) is 0 Å². The van der Waals surface area contributed by atoms with E-state index in [1.54, 1.807) is 12.1 Å². The molecule has 1 fully saturated rings. The molecular weight excluding hydrogens is 228 g/mol. The number of rotatable bonds is 3. The number of para-hydroxylation sites is 1. The monoisotopic (exact) mass is 244 g/mol. The van der Waals surface area contributed by atoms with Crippen LogP contribution in [0.4, 0.5) is 0 Å². The number of carboxylic acids is 1. The molecule has 0 saturated heterocycles. The van der Waals surface area contributed by atoms with Gasteiger partial charge < -0.3 is 9.67 Å². The summed E-state index contributed by atoms with van der Waals surface area (Å²) in [4.78, 5) is 15.6. The van der Waals surface area contributed by atoms with Gasteiger partial charge in [-0.25, -0.2) is 9.78 Å². The number of nitrogens with zero attached hydrogens (tertiary/aromatic N) is 2. The number of hydrogen-bond acceptors (Lipinski definition) is 2. The summed E-state index contributed by atoms with van der Waals surface area (Å²) in [6.45, 7) is 2.91. The maximum Gasteiger partial charge on any atom is 0.337 e. The zero-order valence-electron chi connectivity index (χ0n) is 10.4. The van der Waals surface area contributed by atoms with Crippen molar-refractivity contribution in [2.24, 2.45) is 5.92 Å². The fourth-order valence-corrected chi connectivity index (χ4v) is 2.60. The quantitative estimate of drug-likeness (QED) is 0.903. The third-order valence-electron chi connectivity index (χ3n) is 3.87. The Labute approximate surface area is 105 Å². The molecule has 4 nitrogen and oxygen atoms in total. The Balaban J connectivity index is 2.11. The zero-order chi connectivity index (χ0) is 12.7. The van der Waals surface area contributed by atoms with Gasteiger partial charge in [0.15, 0.2) is 0 Å². The third kappa shape index (κ3) is 1.68. The van der Waals surface area contributed by atoms with Crippen LogP contribution in [0.25, 0.3) is 11.0 Å². The van der Waals surface area contributed by atoms with E-state index < -0.39 is 5.97 Å². The number of aromatic carboxylic acids is 1. The summed E-state index contributed by atoms with van der Waals surface area (Å²) >= 11 is 0. The molecule has 1 aromatic carbocycles. The minimum atomic E-state index is -0.908. The molecule has 0 amide bonds. The molecule has 0 spiro atoms. The van der Waals surface area contributed by atoms with Crippen molar-refractivity contribution in [2.45, 2.75) is 32.7 Å². The smallest absolute Gasteiger partial charge is 0.337 e. The standard InChI is InChI=1S/C14H16N2O2/c1-9-15-13-11(14(17)18)6-3-7-12(13)16(9)8-10-4-2-5-10/h3,6-7,10H,2,4-5,8H2,1H3,(H,17,18). The minimum Gasteiger partial charge on any atom is -0.478 e. The van der Waals surface area contributed by atoms with E-state index in [4.69, 9.17) is 0 Å². The zero-order valence-corrected chi connectivity index (χ0v) is 10.4. The molecule has 0 unspecified atom stereocenters. The molecule has 0 aliphatic heterocycles. The first kappa shape index (κ1) is 11.3. The van der Waals surface area contributed by atoms with E-state index in [-0.39, 0.29) is 0 Å². The summed E-state index contributed by atoms with van der Waals surface area (Å²) in [6.07, 6.45) is 3.87. The van der Waals surface area contributed by atoms with Crippen molar-refractivity contribution >= 4 is 17.0 Å². The molecule has 0 bridgehead atoms. The molecule has 0 atom stereocenters. The molecule has 1 heterocycles. The van der Waals surface area contributed by atoms with Gasteiger partial charge in [-0.05, 0) is 37.8 Å². The highest BCUT2D eigenvalue weighted by Crippen LogP contribution is 2.30. The molecule has 0 radical (unpaired) electrons. The van der Waals surface area contributed by atoms with E-state index >= 15 is 0 Å². The first-order valence-corrected chi connectivity index (χ1v) is 6.36. The molecule has 1 aliphatic carbocycles. The summed E-state index contributed by atoms with van der Waals surface area (Å²) in [7, 11) is 0. The largest absolute Gasteiger partial charge is 0.478 e. The minimum absolute atomic E-state index is 0.294. The molecule has 1 saturated carbocycles. The van der Waals surface area contributed by atoms with Crippen LogP contribution in [0.2, 0.25) is 0 Å². The normalized spacial score (nSPS) is 15.8. The van der Waals surface area contributed by atoms with E-state index in [0.717, 1.165) is 23.8 Å². The maximum absolute atomic E-state index is 11.2. The predicted octanol–water partition coefficient (Wildman–Crippen LogP) is 2.84. The molecular formula is C14H16N2O2. The van der Waals surface area contributed by atoms with Crippen molar-refractivity contribution in [3.8, 4) is 0 Å². The molecule has 1 aromatic heterocycles. The highest BCUT2D eigenvalue weighted by atomic mass is 16.4. The van der Waals surface area contributed by atoms with Gasteiger partial charge >= 0.3 is 5.97 Å². The molecule has 1 aliphatic rings. The van der Waals surface area contributed by atoms with Crippen LogP contribution >= 0.6 is 0 Å². The number of hydrogen-bond donors (Lipinski definition) is 1. The van der Waals surface area contributed by atoms with E-state index in [2.05, 4.69) is 9.55 Å².